The van der Waals surface area contributed by atoms with E-state index in [4.69, 9.17) is 0 Å². The minimum atomic E-state index is 0.648. The minimum absolute atomic E-state index is 0.648. The lowest BCUT2D eigenvalue weighted by molar-refractivity contribution is 0.0431. The summed E-state index contributed by atoms with van der Waals surface area (Å²) in [6.45, 7) is 14.7. The molecule has 112 valence electrons. The fourth-order valence-electron chi connectivity index (χ4n) is 7.69. The molecule has 4 rings (SSSR count). The summed E-state index contributed by atoms with van der Waals surface area (Å²) in [5.74, 6) is 5.71. The van der Waals surface area contributed by atoms with Gasteiger partial charge in [0.2, 0.25) is 0 Å². The Balaban J connectivity index is 1.86. The zero-order chi connectivity index (χ0) is 14.3. The first kappa shape index (κ1) is 13.4. The van der Waals surface area contributed by atoms with Crippen LogP contribution in [0.3, 0.4) is 0 Å². The van der Waals surface area contributed by atoms with Crippen molar-refractivity contribution in [2.75, 3.05) is 0 Å². The van der Waals surface area contributed by atoms with E-state index in [-0.39, 0.29) is 0 Å². The average molecular weight is 272 g/mol. The van der Waals surface area contributed by atoms with Crippen LogP contribution in [0.25, 0.3) is 0 Å². The number of hydrogen-bond acceptors (Lipinski definition) is 0. The molecule has 0 heteroatoms. The highest BCUT2D eigenvalue weighted by atomic mass is 14.8. The van der Waals surface area contributed by atoms with E-state index in [1.165, 1.54) is 38.5 Å². The van der Waals surface area contributed by atoms with Gasteiger partial charge in [-0.05, 0) is 84.9 Å². The molecule has 0 nitrogen and oxygen atoms in total. The van der Waals surface area contributed by atoms with Crippen molar-refractivity contribution in [2.24, 2.45) is 46.3 Å². The molecule has 0 amide bonds. The first-order valence-electron chi connectivity index (χ1n) is 9.14. The quantitative estimate of drug-likeness (QED) is 0.538. The van der Waals surface area contributed by atoms with Gasteiger partial charge in [0.15, 0.2) is 0 Å². The fourth-order valence-corrected chi connectivity index (χ4v) is 7.69. The molecule has 1 spiro atoms. The molecule has 0 unspecified atom stereocenters. The standard InChI is InChI=1S/C20H32/c1-12(2)19-10-8-13(3)16-7-6-15(5)20(16)11-9-14(4)17(19)18(19)20/h12-13,15-18H,4,6-11H2,1-3,5H3/t13-,15+,16+,17+,18-,19-,20-/m1/s1. The molecule has 4 saturated carbocycles. The van der Waals surface area contributed by atoms with E-state index in [9.17, 15) is 0 Å². The zero-order valence-corrected chi connectivity index (χ0v) is 13.9. The molecule has 0 bridgehead atoms. The highest BCUT2D eigenvalue weighted by Gasteiger charge is 2.77. The second kappa shape index (κ2) is 3.93. The SMILES string of the molecule is C=C1CC[C@]23[C@@H]4[C@H]1[C@]4(C(C)C)CC[C@@H](C)[C@@H]2CC[C@@H]3C. The molecular formula is C20H32. The molecule has 0 aromatic heterocycles. The van der Waals surface area contributed by atoms with E-state index < -0.39 is 0 Å². The van der Waals surface area contributed by atoms with E-state index in [0.29, 0.717) is 10.8 Å². The topological polar surface area (TPSA) is 0 Å². The molecule has 0 N–H and O–H groups in total. The van der Waals surface area contributed by atoms with Crippen molar-refractivity contribution in [1.82, 2.24) is 0 Å². The highest BCUT2D eigenvalue weighted by Crippen LogP contribution is 2.83. The van der Waals surface area contributed by atoms with Gasteiger partial charge in [0.05, 0.1) is 0 Å². The van der Waals surface area contributed by atoms with Crippen molar-refractivity contribution >= 4 is 0 Å². The van der Waals surface area contributed by atoms with Crippen LogP contribution in [-0.4, -0.2) is 0 Å². The van der Waals surface area contributed by atoms with Crippen molar-refractivity contribution in [2.45, 2.75) is 66.2 Å². The molecular weight excluding hydrogens is 240 g/mol. The Morgan fingerprint density at radius 2 is 1.85 bits per heavy atom. The van der Waals surface area contributed by atoms with Crippen LogP contribution in [-0.2, 0) is 0 Å². The molecule has 4 aliphatic carbocycles. The second-order valence-electron chi connectivity index (χ2n) is 9.09. The molecule has 20 heavy (non-hydrogen) atoms. The number of allylic oxidation sites excluding steroid dienone is 1. The Hall–Kier alpha value is -0.260. The van der Waals surface area contributed by atoms with Gasteiger partial charge in [-0.3, -0.25) is 0 Å². The van der Waals surface area contributed by atoms with E-state index in [2.05, 4.69) is 34.3 Å². The highest BCUT2D eigenvalue weighted by molar-refractivity contribution is 5.34. The number of hydrogen-bond donors (Lipinski definition) is 0. The zero-order valence-electron chi connectivity index (χ0n) is 13.9. The summed E-state index contributed by atoms with van der Waals surface area (Å²) < 4.78 is 0. The summed E-state index contributed by atoms with van der Waals surface area (Å²) in [4.78, 5) is 0. The Kier molecular flexibility index (Phi) is 2.63. The monoisotopic (exact) mass is 272 g/mol. The van der Waals surface area contributed by atoms with Crippen LogP contribution in [0.2, 0.25) is 0 Å². The van der Waals surface area contributed by atoms with Gasteiger partial charge in [-0.15, -0.1) is 0 Å². The molecule has 4 aliphatic rings. The van der Waals surface area contributed by atoms with Crippen molar-refractivity contribution in [3.63, 3.8) is 0 Å². The lowest BCUT2D eigenvalue weighted by atomic mass is 9.59. The summed E-state index contributed by atoms with van der Waals surface area (Å²) in [7, 11) is 0. The van der Waals surface area contributed by atoms with Crippen LogP contribution in [0.1, 0.15) is 66.2 Å². The lowest BCUT2D eigenvalue weighted by Crippen LogP contribution is -2.39. The van der Waals surface area contributed by atoms with Crippen molar-refractivity contribution in [1.29, 1.82) is 0 Å². The summed E-state index contributed by atoms with van der Waals surface area (Å²) in [5, 5.41) is 0. The Labute approximate surface area is 125 Å². The van der Waals surface area contributed by atoms with Crippen molar-refractivity contribution in [3.05, 3.63) is 12.2 Å². The van der Waals surface area contributed by atoms with Gasteiger partial charge in [-0.25, -0.2) is 0 Å². The third-order valence-corrected chi connectivity index (χ3v) is 8.59. The third-order valence-electron chi connectivity index (χ3n) is 8.59. The van der Waals surface area contributed by atoms with Gasteiger partial charge >= 0.3 is 0 Å². The summed E-state index contributed by atoms with van der Waals surface area (Å²) in [6.07, 6.45) is 8.80. The maximum atomic E-state index is 4.51. The van der Waals surface area contributed by atoms with Crippen LogP contribution in [0.4, 0.5) is 0 Å². The fraction of sp³-hybridized carbons (Fsp3) is 0.900. The second-order valence-corrected chi connectivity index (χ2v) is 9.09. The molecule has 7 atom stereocenters. The third kappa shape index (κ3) is 1.26. The Morgan fingerprint density at radius 3 is 2.55 bits per heavy atom. The molecule has 4 fully saturated rings. The van der Waals surface area contributed by atoms with E-state index >= 15 is 0 Å². The van der Waals surface area contributed by atoms with Gasteiger partial charge in [0.25, 0.3) is 0 Å². The van der Waals surface area contributed by atoms with E-state index in [1.54, 1.807) is 5.57 Å². The normalized spacial score (nSPS) is 57.2. The van der Waals surface area contributed by atoms with Crippen LogP contribution < -0.4 is 0 Å². The molecule has 0 radical (unpaired) electrons. The predicted molar refractivity (Wildman–Crippen MR) is 85.3 cm³/mol. The average Bonchev–Trinajstić information content (AvgIpc) is 3.03. The molecule has 0 aromatic carbocycles. The summed E-state index contributed by atoms with van der Waals surface area (Å²) in [6, 6.07) is 0. The maximum Gasteiger partial charge on any atom is -0.0104 e. The lowest BCUT2D eigenvalue weighted by Gasteiger charge is -2.45. The van der Waals surface area contributed by atoms with E-state index in [1.807, 2.05) is 0 Å². The van der Waals surface area contributed by atoms with Gasteiger partial charge in [-0.1, -0.05) is 39.8 Å². The number of fused-ring (bicyclic) bond motifs is 1. The van der Waals surface area contributed by atoms with Crippen LogP contribution in [0, 0.1) is 46.3 Å². The predicted octanol–water partition coefficient (Wildman–Crippen LogP) is 5.69. The largest absolute Gasteiger partial charge is 0.0995 e. The molecule has 0 aliphatic heterocycles. The first-order chi connectivity index (χ1) is 9.46. The molecule has 0 heterocycles. The van der Waals surface area contributed by atoms with Crippen LogP contribution in [0.5, 0.6) is 0 Å². The minimum Gasteiger partial charge on any atom is -0.0995 e. The van der Waals surface area contributed by atoms with Crippen LogP contribution in [0.15, 0.2) is 12.2 Å². The van der Waals surface area contributed by atoms with Gasteiger partial charge in [0.1, 0.15) is 0 Å². The van der Waals surface area contributed by atoms with Gasteiger partial charge in [-0.2, -0.15) is 0 Å². The smallest absolute Gasteiger partial charge is 0.0104 e. The maximum absolute atomic E-state index is 4.51. The molecule has 0 aromatic rings. The molecule has 0 saturated heterocycles. The van der Waals surface area contributed by atoms with Gasteiger partial charge < -0.3 is 0 Å². The van der Waals surface area contributed by atoms with Crippen molar-refractivity contribution < 1.29 is 0 Å². The van der Waals surface area contributed by atoms with Crippen molar-refractivity contribution in [3.8, 4) is 0 Å². The Bertz CT molecular complexity index is 447. The van der Waals surface area contributed by atoms with Crippen LogP contribution >= 0.6 is 0 Å². The summed E-state index contributed by atoms with van der Waals surface area (Å²) >= 11 is 0. The number of rotatable bonds is 1. The van der Waals surface area contributed by atoms with Gasteiger partial charge in [0, 0.05) is 0 Å². The summed E-state index contributed by atoms with van der Waals surface area (Å²) in [5.41, 5.74) is 2.98. The Morgan fingerprint density at radius 1 is 1.10 bits per heavy atom. The first-order valence-corrected chi connectivity index (χ1v) is 9.14. The van der Waals surface area contributed by atoms with E-state index in [0.717, 1.165) is 35.5 Å².